The molecule has 148 valence electrons. The Hall–Kier alpha value is -3.36. The van der Waals surface area contributed by atoms with Crippen molar-refractivity contribution in [2.75, 3.05) is 4.72 Å². The summed E-state index contributed by atoms with van der Waals surface area (Å²) in [6, 6.07) is 18.1. The van der Waals surface area contributed by atoms with Gasteiger partial charge in [0.25, 0.3) is 15.9 Å². The summed E-state index contributed by atoms with van der Waals surface area (Å²) in [5, 5.41) is 13.7. The van der Waals surface area contributed by atoms with Crippen LogP contribution in [0.2, 0.25) is 5.02 Å². The molecule has 0 aliphatic rings. The van der Waals surface area contributed by atoms with Gasteiger partial charge < -0.3 is 5.11 Å². The van der Waals surface area contributed by atoms with Gasteiger partial charge in [0.05, 0.1) is 22.4 Å². The highest BCUT2D eigenvalue weighted by molar-refractivity contribution is 7.92. The number of nitrogens with zero attached hydrogens (tertiary/aromatic N) is 1. The van der Waals surface area contributed by atoms with E-state index in [9.17, 15) is 18.3 Å². The summed E-state index contributed by atoms with van der Waals surface area (Å²) in [4.78, 5) is 12.5. The summed E-state index contributed by atoms with van der Waals surface area (Å²) in [6.07, 6.45) is 1.36. The van der Waals surface area contributed by atoms with E-state index in [-0.39, 0.29) is 21.9 Å². The van der Waals surface area contributed by atoms with Gasteiger partial charge >= 0.3 is 0 Å². The van der Waals surface area contributed by atoms with Gasteiger partial charge in [-0.15, -0.1) is 0 Å². The average molecular weight is 430 g/mol. The predicted molar refractivity (Wildman–Crippen MR) is 112 cm³/mol. The van der Waals surface area contributed by atoms with Gasteiger partial charge in [-0.05, 0) is 54.1 Å². The van der Waals surface area contributed by atoms with E-state index in [0.29, 0.717) is 10.6 Å². The van der Waals surface area contributed by atoms with Gasteiger partial charge in [0.1, 0.15) is 5.75 Å². The Morgan fingerprint density at radius 2 is 1.72 bits per heavy atom. The second kappa shape index (κ2) is 8.76. The van der Waals surface area contributed by atoms with Crippen LogP contribution in [0.25, 0.3) is 0 Å². The van der Waals surface area contributed by atoms with E-state index in [1.807, 2.05) is 0 Å². The van der Waals surface area contributed by atoms with Crippen molar-refractivity contribution in [3.63, 3.8) is 0 Å². The number of carbonyl (C=O) groups is 1. The van der Waals surface area contributed by atoms with Gasteiger partial charge in [-0.3, -0.25) is 9.52 Å². The van der Waals surface area contributed by atoms with Crippen molar-refractivity contribution in [2.45, 2.75) is 4.90 Å². The van der Waals surface area contributed by atoms with Gasteiger partial charge in [-0.25, -0.2) is 13.8 Å². The molecule has 3 rings (SSSR count). The number of sulfonamides is 1. The third-order valence-corrected chi connectivity index (χ3v) is 5.42. The van der Waals surface area contributed by atoms with Crippen molar-refractivity contribution in [3.8, 4) is 5.75 Å². The smallest absolute Gasteiger partial charge is 0.273 e. The summed E-state index contributed by atoms with van der Waals surface area (Å²) in [7, 11) is -3.91. The number of anilines is 1. The summed E-state index contributed by atoms with van der Waals surface area (Å²) in [5.74, 6) is -0.530. The van der Waals surface area contributed by atoms with Gasteiger partial charge in [0.15, 0.2) is 0 Å². The number of rotatable bonds is 6. The third-order valence-electron chi connectivity index (χ3n) is 3.79. The van der Waals surface area contributed by atoms with Crippen molar-refractivity contribution in [3.05, 3.63) is 88.9 Å². The number of aromatic hydroxyl groups is 1. The van der Waals surface area contributed by atoms with Crippen LogP contribution in [0.3, 0.4) is 0 Å². The van der Waals surface area contributed by atoms with Crippen LogP contribution >= 0.6 is 11.6 Å². The first-order valence-electron chi connectivity index (χ1n) is 8.35. The van der Waals surface area contributed by atoms with Crippen LogP contribution in [0.5, 0.6) is 5.75 Å². The number of nitrogens with one attached hydrogen (secondary N) is 2. The molecule has 0 bridgehead atoms. The maximum Gasteiger partial charge on any atom is 0.273 e. The maximum atomic E-state index is 12.6. The minimum absolute atomic E-state index is 0.0130. The second-order valence-corrected chi connectivity index (χ2v) is 8.02. The van der Waals surface area contributed by atoms with E-state index in [2.05, 4.69) is 15.2 Å². The summed E-state index contributed by atoms with van der Waals surface area (Å²) in [5.41, 5.74) is 3.12. The summed E-state index contributed by atoms with van der Waals surface area (Å²) in [6.45, 7) is 0. The number of phenolic OH excluding ortho intramolecular Hbond substituents is 1. The molecule has 0 aromatic heterocycles. The van der Waals surface area contributed by atoms with Crippen LogP contribution in [-0.2, 0) is 10.0 Å². The SMILES string of the molecule is O=C(NN=Cc1cccc(O)c1)c1ccccc1NS(=O)(=O)c1ccc(Cl)cc1. The first-order valence-corrected chi connectivity index (χ1v) is 10.2. The first-order chi connectivity index (χ1) is 13.8. The number of para-hydroxylation sites is 1. The molecule has 0 unspecified atom stereocenters. The molecule has 0 saturated heterocycles. The maximum absolute atomic E-state index is 12.6. The Morgan fingerprint density at radius 1 is 1.00 bits per heavy atom. The molecule has 0 spiro atoms. The van der Waals surface area contributed by atoms with E-state index in [1.165, 1.54) is 54.7 Å². The van der Waals surface area contributed by atoms with E-state index in [1.54, 1.807) is 24.3 Å². The zero-order valence-corrected chi connectivity index (χ0v) is 16.5. The Balaban J connectivity index is 1.77. The molecule has 1 amide bonds. The molecule has 7 nitrogen and oxygen atoms in total. The Kier molecular flexibility index (Phi) is 6.16. The molecule has 0 fully saturated rings. The van der Waals surface area contributed by atoms with Crippen molar-refractivity contribution >= 4 is 39.4 Å². The number of hydrogen-bond acceptors (Lipinski definition) is 5. The van der Waals surface area contributed by atoms with E-state index in [4.69, 9.17) is 11.6 Å². The average Bonchev–Trinajstić information content (AvgIpc) is 2.68. The molecular formula is C20H16ClN3O4S. The standard InChI is InChI=1S/C20H16ClN3O4S/c21-15-8-10-17(11-9-15)29(27,28)24-19-7-2-1-6-18(19)20(26)23-22-13-14-4-3-5-16(25)12-14/h1-13,24-25H,(H,23,26). The molecule has 0 atom stereocenters. The lowest BCUT2D eigenvalue weighted by atomic mass is 10.2. The minimum Gasteiger partial charge on any atom is -0.508 e. The van der Waals surface area contributed by atoms with Crippen molar-refractivity contribution in [2.24, 2.45) is 5.10 Å². The lowest BCUT2D eigenvalue weighted by Gasteiger charge is -2.11. The Bertz CT molecular complexity index is 1160. The van der Waals surface area contributed by atoms with Crippen LogP contribution < -0.4 is 10.1 Å². The van der Waals surface area contributed by atoms with Crippen LogP contribution in [0.15, 0.2) is 82.8 Å². The van der Waals surface area contributed by atoms with Crippen LogP contribution in [0.1, 0.15) is 15.9 Å². The zero-order valence-electron chi connectivity index (χ0n) is 14.9. The number of amides is 1. The van der Waals surface area contributed by atoms with E-state index in [0.717, 1.165) is 0 Å². The zero-order chi connectivity index (χ0) is 20.9. The topological polar surface area (TPSA) is 108 Å². The minimum atomic E-state index is -3.91. The number of benzene rings is 3. The molecule has 0 heterocycles. The molecule has 0 saturated carbocycles. The molecule has 0 aliphatic carbocycles. The molecule has 3 N–H and O–H groups in total. The number of halogens is 1. The monoisotopic (exact) mass is 429 g/mol. The van der Waals surface area contributed by atoms with E-state index < -0.39 is 15.9 Å². The quantitative estimate of drug-likeness (QED) is 0.411. The predicted octanol–water partition coefficient (Wildman–Crippen LogP) is 3.61. The number of phenols is 1. The number of hydrazone groups is 1. The van der Waals surface area contributed by atoms with Crippen molar-refractivity contribution in [1.29, 1.82) is 0 Å². The molecule has 0 aliphatic heterocycles. The van der Waals surface area contributed by atoms with Crippen LogP contribution in [-0.4, -0.2) is 25.6 Å². The lowest BCUT2D eigenvalue weighted by Crippen LogP contribution is -2.21. The van der Waals surface area contributed by atoms with E-state index >= 15 is 0 Å². The highest BCUT2D eigenvalue weighted by atomic mass is 35.5. The largest absolute Gasteiger partial charge is 0.508 e. The number of carbonyl (C=O) groups excluding carboxylic acids is 1. The molecular weight excluding hydrogens is 414 g/mol. The third kappa shape index (κ3) is 5.34. The lowest BCUT2D eigenvalue weighted by molar-refractivity contribution is 0.0956. The number of hydrogen-bond donors (Lipinski definition) is 3. The van der Waals surface area contributed by atoms with Gasteiger partial charge in [0, 0.05) is 5.02 Å². The molecule has 3 aromatic rings. The fourth-order valence-corrected chi connectivity index (χ4v) is 3.62. The molecule has 9 heteroatoms. The normalized spacial score (nSPS) is 11.3. The highest BCUT2D eigenvalue weighted by Gasteiger charge is 2.18. The Labute approximate surface area is 172 Å². The fraction of sp³-hybridized carbons (Fsp3) is 0. The van der Waals surface area contributed by atoms with Crippen molar-refractivity contribution < 1.29 is 18.3 Å². The van der Waals surface area contributed by atoms with Gasteiger partial charge in [-0.2, -0.15) is 5.10 Å². The van der Waals surface area contributed by atoms with Crippen molar-refractivity contribution in [1.82, 2.24) is 5.43 Å². The highest BCUT2D eigenvalue weighted by Crippen LogP contribution is 2.21. The summed E-state index contributed by atoms with van der Waals surface area (Å²) < 4.78 is 27.6. The van der Waals surface area contributed by atoms with Gasteiger partial charge in [0.2, 0.25) is 0 Å². The first kappa shape index (κ1) is 20.4. The van der Waals surface area contributed by atoms with Crippen LogP contribution in [0.4, 0.5) is 5.69 Å². The van der Waals surface area contributed by atoms with Gasteiger partial charge in [-0.1, -0.05) is 35.9 Å². The second-order valence-electron chi connectivity index (χ2n) is 5.90. The summed E-state index contributed by atoms with van der Waals surface area (Å²) >= 11 is 5.79. The molecule has 0 radical (unpaired) electrons. The Morgan fingerprint density at radius 3 is 2.45 bits per heavy atom. The fourth-order valence-electron chi connectivity index (χ4n) is 2.42. The van der Waals surface area contributed by atoms with Crippen LogP contribution in [0, 0.1) is 0 Å². The molecule has 3 aromatic carbocycles. The molecule has 29 heavy (non-hydrogen) atoms.